The maximum absolute atomic E-state index is 5.99. The molecule has 0 aliphatic rings. The van der Waals surface area contributed by atoms with Crippen LogP contribution in [0.3, 0.4) is 0 Å². The Balaban J connectivity index is 1.74. The molecule has 0 radical (unpaired) electrons. The zero-order valence-corrected chi connectivity index (χ0v) is 16.7. The van der Waals surface area contributed by atoms with Crippen LogP contribution in [0.1, 0.15) is 25.0 Å². The van der Waals surface area contributed by atoms with E-state index in [0.29, 0.717) is 6.54 Å². The van der Waals surface area contributed by atoms with Crippen molar-refractivity contribution in [3.05, 3.63) is 90.3 Å². The fourth-order valence-corrected chi connectivity index (χ4v) is 3.18. The van der Waals surface area contributed by atoms with Crippen LogP contribution in [0.2, 0.25) is 0 Å². The summed E-state index contributed by atoms with van der Waals surface area (Å²) in [6.45, 7) is 7.62. The maximum Gasteiger partial charge on any atom is 0.127 e. The second-order valence-electron chi connectivity index (χ2n) is 7.94. The molecule has 2 aromatic carbocycles. The predicted octanol–water partition coefficient (Wildman–Crippen LogP) is 4.86. The van der Waals surface area contributed by atoms with E-state index in [2.05, 4.69) is 41.9 Å². The van der Waals surface area contributed by atoms with Crippen LogP contribution >= 0.6 is 0 Å². The van der Waals surface area contributed by atoms with E-state index in [1.54, 1.807) is 0 Å². The van der Waals surface area contributed by atoms with Crippen molar-refractivity contribution in [1.82, 2.24) is 9.88 Å². The fraction of sp³-hybridized carbons (Fsp3) is 0.292. The molecule has 2 N–H and O–H groups in total. The van der Waals surface area contributed by atoms with Gasteiger partial charge in [0.1, 0.15) is 11.5 Å². The molecular weight excluding hydrogens is 346 g/mol. The summed E-state index contributed by atoms with van der Waals surface area (Å²) >= 11 is 0. The van der Waals surface area contributed by atoms with Crippen LogP contribution in [-0.4, -0.2) is 23.0 Å². The van der Waals surface area contributed by atoms with Gasteiger partial charge in [-0.05, 0) is 53.4 Å². The van der Waals surface area contributed by atoms with Gasteiger partial charge in [0, 0.05) is 32.0 Å². The number of benzene rings is 2. The van der Waals surface area contributed by atoms with E-state index in [1.807, 2.05) is 60.9 Å². The molecule has 0 aliphatic carbocycles. The van der Waals surface area contributed by atoms with E-state index in [-0.39, 0.29) is 5.41 Å². The van der Waals surface area contributed by atoms with Crippen LogP contribution in [-0.2, 0) is 13.1 Å². The van der Waals surface area contributed by atoms with Crippen LogP contribution in [0.4, 0.5) is 0 Å². The fourth-order valence-electron chi connectivity index (χ4n) is 3.18. The number of hydrogen-bond acceptors (Lipinski definition) is 4. The Bertz CT molecular complexity index is 850. The van der Waals surface area contributed by atoms with Crippen LogP contribution in [0.5, 0.6) is 11.5 Å². The molecular formula is C24H29N3O. The van der Waals surface area contributed by atoms with Gasteiger partial charge in [0.15, 0.2) is 0 Å². The number of hydrogen-bond donors (Lipinski definition) is 1. The minimum Gasteiger partial charge on any atom is -0.457 e. The number of rotatable bonds is 9. The van der Waals surface area contributed by atoms with Crippen LogP contribution < -0.4 is 10.5 Å². The summed E-state index contributed by atoms with van der Waals surface area (Å²) in [5, 5.41) is 0. The first-order chi connectivity index (χ1) is 13.5. The van der Waals surface area contributed by atoms with Crippen LogP contribution in [0.25, 0.3) is 0 Å². The van der Waals surface area contributed by atoms with Gasteiger partial charge in [0.05, 0.1) is 0 Å². The first-order valence-corrected chi connectivity index (χ1v) is 9.67. The summed E-state index contributed by atoms with van der Waals surface area (Å²) in [6, 6.07) is 22.3. The summed E-state index contributed by atoms with van der Waals surface area (Å²) < 4.78 is 5.99. The number of aromatic nitrogens is 1. The van der Waals surface area contributed by atoms with Crippen molar-refractivity contribution in [2.24, 2.45) is 11.1 Å². The summed E-state index contributed by atoms with van der Waals surface area (Å²) in [4.78, 5) is 6.67. The smallest absolute Gasteiger partial charge is 0.127 e. The Morgan fingerprint density at radius 1 is 0.893 bits per heavy atom. The molecule has 4 nitrogen and oxygen atoms in total. The minimum atomic E-state index is 0.0420. The zero-order chi connectivity index (χ0) is 19.8. The molecule has 28 heavy (non-hydrogen) atoms. The highest BCUT2D eigenvalue weighted by atomic mass is 16.5. The molecule has 0 atom stereocenters. The molecule has 3 rings (SSSR count). The summed E-state index contributed by atoms with van der Waals surface area (Å²) in [5.41, 5.74) is 8.45. The van der Waals surface area contributed by atoms with Gasteiger partial charge < -0.3 is 10.5 Å². The molecule has 0 aliphatic heterocycles. The largest absolute Gasteiger partial charge is 0.457 e. The lowest BCUT2D eigenvalue weighted by molar-refractivity contribution is 0.168. The quantitative estimate of drug-likeness (QED) is 0.580. The molecule has 1 aromatic heterocycles. The van der Waals surface area contributed by atoms with Crippen molar-refractivity contribution in [3.63, 3.8) is 0 Å². The van der Waals surface area contributed by atoms with Gasteiger partial charge in [-0.15, -0.1) is 0 Å². The highest BCUT2D eigenvalue weighted by molar-refractivity contribution is 5.33. The molecule has 0 saturated heterocycles. The monoisotopic (exact) mass is 375 g/mol. The van der Waals surface area contributed by atoms with Crippen molar-refractivity contribution in [2.75, 3.05) is 13.1 Å². The Labute approximate surface area is 168 Å². The molecule has 3 aromatic rings. The van der Waals surface area contributed by atoms with Gasteiger partial charge in [-0.2, -0.15) is 0 Å². The van der Waals surface area contributed by atoms with E-state index in [0.717, 1.165) is 31.1 Å². The maximum atomic E-state index is 5.99. The first kappa shape index (κ1) is 20.1. The lowest BCUT2D eigenvalue weighted by atomic mass is 9.92. The van der Waals surface area contributed by atoms with Crippen LogP contribution in [0.15, 0.2) is 79.1 Å². The molecule has 0 fully saturated rings. The summed E-state index contributed by atoms with van der Waals surface area (Å²) in [6.07, 6.45) is 3.74. The van der Waals surface area contributed by atoms with E-state index >= 15 is 0 Å². The highest BCUT2D eigenvalue weighted by Gasteiger charge is 2.21. The van der Waals surface area contributed by atoms with Crippen molar-refractivity contribution < 1.29 is 4.74 Å². The van der Waals surface area contributed by atoms with Crippen LogP contribution in [0, 0.1) is 5.41 Å². The molecule has 1 heterocycles. The van der Waals surface area contributed by atoms with Crippen molar-refractivity contribution in [1.29, 1.82) is 0 Å². The summed E-state index contributed by atoms with van der Waals surface area (Å²) in [5.74, 6) is 1.69. The van der Waals surface area contributed by atoms with Gasteiger partial charge >= 0.3 is 0 Å². The van der Waals surface area contributed by atoms with Gasteiger partial charge in [-0.25, -0.2) is 0 Å². The van der Waals surface area contributed by atoms with Crippen molar-refractivity contribution >= 4 is 0 Å². The van der Waals surface area contributed by atoms with Gasteiger partial charge in [-0.1, -0.05) is 50.2 Å². The number of para-hydroxylation sites is 1. The zero-order valence-electron chi connectivity index (χ0n) is 16.7. The number of nitrogens with zero attached hydrogens (tertiary/aromatic N) is 2. The second kappa shape index (κ2) is 9.49. The minimum absolute atomic E-state index is 0.0420. The average Bonchev–Trinajstić information content (AvgIpc) is 2.69. The Morgan fingerprint density at radius 2 is 1.61 bits per heavy atom. The van der Waals surface area contributed by atoms with E-state index in [4.69, 9.17) is 10.5 Å². The van der Waals surface area contributed by atoms with E-state index in [9.17, 15) is 0 Å². The Kier molecular flexibility index (Phi) is 6.80. The summed E-state index contributed by atoms with van der Waals surface area (Å²) in [7, 11) is 0. The van der Waals surface area contributed by atoms with E-state index < -0.39 is 0 Å². The standard InChI is InChI=1S/C24H29N3O/c1-24(2,18-25)19-27(17-21-9-7-13-26-15-21)16-20-8-6-12-23(14-20)28-22-10-4-3-5-11-22/h3-15H,16-19,25H2,1-2H3. The molecule has 0 bridgehead atoms. The first-order valence-electron chi connectivity index (χ1n) is 9.67. The molecule has 0 saturated carbocycles. The van der Waals surface area contributed by atoms with E-state index in [1.165, 1.54) is 11.1 Å². The second-order valence-corrected chi connectivity index (χ2v) is 7.94. The molecule has 4 heteroatoms. The van der Waals surface area contributed by atoms with Gasteiger partial charge in [0.2, 0.25) is 0 Å². The Hall–Kier alpha value is -2.69. The topological polar surface area (TPSA) is 51.4 Å². The Morgan fingerprint density at radius 3 is 2.32 bits per heavy atom. The van der Waals surface area contributed by atoms with Crippen molar-refractivity contribution in [3.8, 4) is 11.5 Å². The number of ether oxygens (including phenoxy) is 1. The molecule has 0 spiro atoms. The molecule has 146 valence electrons. The highest BCUT2D eigenvalue weighted by Crippen LogP contribution is 2.24. The third-order valence-electron chi connectivity index (χ3n) is 4.62. The SMILES string of the molecule is CC(C)(CN)CN(Cc1cccnc1)Cc1cccc(Oc2ccccc2)c1. The lowest BCUT2D eigenvalue weighted by Gasteiger charge is -2.32. The van der Waals surface area contributed by atoms with Gasteiger partial charge in [-0.3, -0.25) is 9.88 Å². The normalized spacial score (nSPS) is 11.6. The number of pyridine rings is 1. The van der Waals surface area contributed by atoms with Gasteiger partial charge in [0.25, 0.3) is 0 Å². The third kappa shape index (κ3) is 6.19. The molecule has 0 unspecified atom stereocenters. The molecule has 0 amide bonds. The average molecular weight is 376 g/mol. The lowest BCUT2D eigenvalue weighted by Crippen LogP contribution is -2.38. The van der Waals surface area contributed by atoms with Crippen molar-refractivity contribution in [2.45, 2.75) is 26.9 Å². The predicted molar refractivity (Wildman–Crippen MR) is 114 cm³/mol. The number of nitrogens with two attached hydrogens (primary N) is 1. The third-order valence-corrected chi connectivity index (χ3v) is 4.62.